The lowest BCUT2D eigenvalue weighted by molar-refractivity contribution is 0.0949. The highest BCUT2D eigenvalue weighted by Crippen LogP contribution is 2.08. The van der Waals surface area contributed by atoms with E-state index < -0.39 is 0 Å². The van der Waals surface area contributed by atoms with E-state index in [1.807, 2.05) is 19.9 Å². The van der Waals surface area contributed by atoms with Gasteiger partial charge in [-0.2, -0.15) is 0 Å². The maximum Gasteiger partial charge on any atom is 0.270 e. The van der Waals surface area contributed by atoms with Crippen molar-refractivity contribution in [2.75, 3.05) is 18.4 Å². The van der Waals surface area contributed by atoms with E-state index in [0.29, 0.717) is 24.6 Å². The molecule has 0 fully saturated rings. The summed E-state index contributed by atoms with van der Waals surface area (Å²) in [5.41, 5.74) is 2.12. The van der Waals surface area contributed by atoms with Crippen LogP contribution in [0.3, 0.4) is 0 Å². The largest absolute Gasteiger partial charge is 0.368 e. The number of amides is 1. The number of carbonyl (C=O) groups excluding carboxylic acids is 1. The molecule has 0 aliphatic rings. The molecule has 1 amide bonds. The van der Waals surface area contributed by atoms with E-state index in [-0.39, 0.29) is 5.91 Å². The zero-order valence-corrected chi connectivity index (χ0v) is 15.4. The number of hydrogen-bond donors (Lipinski definition) is 2. The lowest BCUT2D eigenvalue weighted by Gasteiger charge is -2.09. The van der Waals surface area contributed by atoms with Crippen molar-refractivity contribution < 1.29 is 4.79 Å². The lowest BCUT2D eigenvalue weighted by atomic mass is 10.2. The van der Waals surface area contributed by atoms with Gasteiger partial charge in [0, 0.05) is 37.0 Å². The van der Waals surface area contributed by atoms with Crippen LogP contribution >= 0.6 is 0 Å². The fourth-order valence-electron chi connectivity index (χ4n) is 2.46. The van der Waals surface area contributed by atoms with Crippen LogP contribution in [0.1, 0.15) is 53.3 Å². The molecule has 0 saturated carbocycles. The van der Waals surface area contributed by atoms with Crippen molar-refractivity contribution in [2.24, 2.45) is 0 Å². The molecule has 0 saturated heterocycles. The molecule has 0 atom stereocenters. The zero-order valence-electron chi connectivity index (χ0n) is 15.4. The summed E-state index contributed by atoms with van der Waals surface area (Å²) >= 11 is 0. The number of nitrogens with one attached hydrogen (secondary N) is 2. The second kappa shape index (κ2) is 9.05. The van der Waals surface area contributed by atoms with Gasteiger partial charge in [0.25, 0.3) is 5.91 Å². The summed E-state index contributed by atoms with van der Waals surface area (Å²) in [7, 11) is 0. The van der Waals surface area contributed by atoms with Gasteiger partial charge in [-0.25, -0.2) is 19.9 Å². The van der Waals surface area contributed by atoms with Crippen LogP contribution in [0.5, 0.6) is 0 Å². The third-order valence-electron chi connectivity index (χ3n) is 3.57. The van der Waals surface area contributed by atoms with E-state index in [9.17, 15) is 4.79 Å². The molecule has 0 radical (unpaired) electrons. The van der Waals surface area contributed by atoms with Crippen molar-refractivity contribution in [1.82, 2.24) is 25.3 Å². The minimum atomic E-state index is -0.196. The first-order valence-electron chi connectivity index (χ1n) is 8.67. The quantitative estimate of drug-likeness (QED) is 0.716. The zero-order chi connectivity index (χ0) is 18.2. The smallest absolute Gasteiger partial charge is 0.270 e. The average molecular weight is 342 g/mol. The van der Waals surface area contributed by atoms with Gasteiger partial charge < -0.3 is 10.6 Å². The van der Waals surface area contributed by atoms with Gasteiger partial charge in [-0.3, -0.25) is 4.79 Å². The first-order chi connectivity index (χ1) is 12.0. The normalized spacial score (nSPS) is 10.6. The molecule has 7 heteroatoms. The summed E-state index contributed by atoms with van der Waals surface area (Å²) in [6.07, 6.45) is 3.08. The Hall–Kier alpha value is -2.57. The van der Waals surface area contributed by atoms with Crippen LogP contribution in [0, 0.1) is 20.8 Å². The standard InChI is InChI=1S/C18H26N6O/c1-5-6-7-16-22-13(3)11-17(24-16)19-8-9-20-18(25)15-10-12(2)21-14(4)23-15/h10-11H,5-9H2,1-4H3,(H,20,25)(H,19,22,24). The van der Waals surface area contributed by atoms with E-state index in [0.717, 1.165) is 42.3 Å². The van der Waals surface area contributed by atoms with E-state index in [4.69, 9.17) is 0 Å². The molecular weight excluding hydrogens is 316 g/mol. The molecule has 7 nitrogen and oxygen atoms in total. The number of anilines is 1. The Labute approximate surface area is 148 Å². The van der Waals surface area contributed by atoms with Gasteiger partial charge in [-0.05, 0) is 33.3 Å². The molecular formula is C18H26N6O. The van der Waals surface area contributed by atoms with Crippen LogP contribution in [0.2, 0.25) is 0 Å². The maximum atomic E-state index is 12.1. The average Bonchev–Trinajstić information content (AvgIpc) is 2.55. The third kappa shape index (κ3) is 6.10. The Kier molecular flexibility index (Phi) is 6.80. The molecule has 0 unspecified atom stereocenters. The van der Waals surface area contributed by atoms with E-state index in [1.165, 1.54) is 0 Å². The summed E-state index contributed by atoms with van der Waals surface area (Å²) in [6, 6.07) is 3.60. The van der Waals surface area contributed by atoms with E-state index >= 15 is 0 Å². The number of nitrogens with zero attached hydrogens (tertiary/aromatic N) is 4. The molecule has 0 aromatic carbocycles. The van der Waals surface area contributed by atoms with Crippen molar-refractivity contribution in [3.8, 4) is 0 Å². The van der Waals surface area contributed by atoms with Gasteiger partial charge in [0.1, 0.15) is 23.2 Å². The Morgan fingerprint density at radius 3 is 2.48 bits per heavy atom. The number of rotatable bonds is 8. The second-order valence-corrected chi connectivity index (χ2v) is 6.04. The van der Waals surface area contributed by atoms with E-state index in [2.05, 4.69) is 37.5 Å². The highest BCUT2D eigenvalue weighted by molar-refractivity contribution is 5.92. The third-order valence-corrected chi connectivity index (χ3v) is 3.57. The topological polar surface area (TPSA) is 92.7 Å². The molecule has 0 spiro atoms. The van der Waals surface area contributed by atoms with Gasteiger partial charge >= 0.3 is 0 Å². The molecule has 0 aliphatic carbocycles. The molecule has 0 bridgehead atoms. The van der Waals surface area contributed by atoms with Crippen molar-refractivity contribution in [3.63, 3.8) is 0 Å². The Morgan fingerprint density at radius 1 is 1.00 bits per heavy atom. The van der Waals surface area contributed by atoms with Gasteiger partial charge in [0.2, 0.25) is 0 Å². The summed E-state index contributed by atoms with van der Waals surface area (Å²) in [4.78, 5) is 29.4. The lowest BCUT2D eigenvalue weighted by Crippen LogP contribution is -2.30. The number of unbranched alkanes of at least 4 members (excludes halogenated alkanes) is 1. The number of aromatic nitrogens is 4. The summed E-state index contributed by atoms with van der Waals surface area (Å²) in [6.45, 7) is 8.80. The van der Waals surface area contributed by atoms with Gasteiger partial charge in [0.05, 0.1) is 0 Å². The molecule has 2 rings (SSSR count). The predicted octanol–water partition coefficient (Wildman–Crippen LogP) is 2.38. The SMILES string of the molecule is CCCCc1nc(C)cc(NCCNC(=O)c2cc(C)nc(C)n2)n1. The Bertz CT molecular complexity index is 711. The Morgan fingerprint density at radius 2 is 1.76 bits per heavy atom. The summed E-state index contributed by atoms with van der Waals surface area (Å²) < 4.78 is 0. The van der Waals surface area contributed by atoms with Crippen LogP contribution in [0.25, 0.3) is 0 Å². The molecule has 2 aromatic rings. The van der Waals surface area contributed by atoms with Gasteiger partial charge in [0.15, 0.2) is 0 Å². The minimum absolute atomic E-state index is 0.196. The molecule has 2 heterocycles. The first-order valence-corrected chi connectivity index (χ1v) is 8.67. The van der Waals surface area contributed by atoms with E-state index in [1.54, 1.807) is 13.0 Å². The molecule has 0 aliphatic heterocycles. The van der Waals surface area contributed by atoms with Crippen molar-refractivity contribution in [3.05, 3.63) is 40.9 Å². The maximum absolute atomic E-state index is 12.1. The number of aryl methyl sites for hydroxylation is 4. The Balaban J connectivity index is 1.84. The number of carbonyl (C=O) groups is 1. The first kappa shape index (κ1) is 18.8. The fraction of sp³-hybridized carbons (Fsp3) is 0.500. The fourth-order valence-corrected chi connectivity index (χ4v) is 2.46. The van der Waals surface area contributed by atoms with Crippen LogP contribution in [0.4, 0.5) is 5.82 Å². The monoisotopic (exact) mass is 342 g/mol. The molecule has 2 aromatic heterocycles. The molecule has 134 valence electrons. The summed E-state index contributed by atoms with van der Waals surface area (Å²) in [5.74, 6) is 2.05. The van der Waals surface area contributed by atoms with Crippen LogP contribution in [-0.4, -0.2) is 38.9 Å². The van der Waals surface area contributed by atoms with Crippen LogP contribution in [-0.2, 0) is 6.42 Å². The van der Waals surface area contributed by atoms with Crippen LogP contribution < -0.4 is 10.6 Å². The molecule has 2 N–H and O–H groups in total. The predicted molar refractivity (Wildman–Crippen MR) is 97.7 cm³/mol. The minimum Gasteiger partial charge on any atom is -0.368 e. The van der Waals surface area contributed by atoms with Gasteiger partial charge in [-0.1, -0.05) is 13.3 Å². The van der Waals surface area contributed by atoms with Gasteiger partial charge in [-0.15, -0.1) is 0 Å². The van der Waals surface area contributed by atoms with Crippen molar-refractivity contribution >= 4 is 11.7 Å². The highest BCUT2D eigenvalue weighted by atomic mass is 16.1. The van der Waals surface area contributed by atoms with Crippen molar-refractivity contribution in [1.29, 1.82) is 0 Å². The highest BCUT2D eigenvalue weighted by Gasteiger charge is 2.08. The summed E-state index contributed by atoms with van der Waals surface area (Å²) in [5, 5.41) is 6.09. The molecule has 25 heavy (non-hydrogen) atoms. The van der Waals surface area contributed by atoms with Crippen molar-refractivity contribution in [2.45, 2.75) is 47.0 Å². The van der Waals surface area contributed by atoms with Crippen LogP contribution in [0.15, 0.2) is 12.1 Å². The second-order valence-electron chi connectivity index (χ2n) is 6.04. The number of hydrogen-bond acceptors (Lipinski definition) is 6.